The molecule has 1 aliphatic rings. The van der Waals surface area contributed by atoms with Crippen molar-refractivity contribution < 1.29 is 0 Å². The third-order valence-corrected chi connectivity index (χ3v) is 4.59. The molecule has 2 atom stereocenters. The van der Waals surface area contributed by atoms with Crippen LogP contribution in [0.3, 0.4) is 0 Å². The van der Waals surface area contributed by atoms with E-state index in [1.54, 1.807) is 11.3 Å². The van der Waals surface area contributed by atoms with E-state index in [0.29, 0.717) is 11.4 Å². The first-order valence-electron chi connectivity index (χ1n) is 6.25. The van der Waals surface area contributed by atoms with Crippen LogP contribution < -0.4 is 5.32 Å². The minimum absolute atomic E-state index is 0.338. The minimum Gasteiger partial charge on any atom is -0.312 e. The normalized spacial score (nSPS) is 26.6. The summed E-state index contributed by atoms with van der Waals surface area (Å²) in [5, 5.41) is 8.33. The predicted molar refractivity (Wildman–Crippen MR) is 72.5 cm³/mol. The summed E-state index contributed by atoms with van der Waals surface area (Å²) in [6.45, 7) is 1.06. The summed E-state index contributed by atoms with van der Waals surface area (Å²) < 4.78 is 0. The summed E-state index contributed by atoms with van der Waals surface area (Å²) in [5.74, 6) is 0. The fourth-order valence-corrected chi connectivity index (χ4v) is 3.40. The Balaban J connectivity index is 1.71. The Morgan fingerprint density at radius 2 is 2.19 bits per heavy atom. The highest BCUT2D eigenvalue weighted by Gasteiger charge is 2.20. The molecule has 1 nitrogen and oxygen atoms in total. The molecule has 0 aliphatic heterocycles. The van der Waals surface area contributed by atoms with E-state index in [2.05, 4.69) is 22.1 Å². The standard InChI is InChI=1S/C13H20ClNS/c14-12-4-2-1-3-5-13(12)15-8-6-11-7-9-16-10-11/h7,9-10,12-13,15H,1-6,8H2. The van der Waals surface area contributed by atoms with Gasteiger partial charge < -0.3 is 5.32 Å². The van der Waals surface area contributed by atoms with Crippen molar-refractivity contribution in [3.8, 4) is 0 Å². The van der Waals surface area contributed by atoms with Crippen LogP contribution in [0.1, 0.15) is 37.7 Å². The summed E-state index contributed by atoms with van der Waals surface area (Å²) in [6.07, 6.45) is 7.54. The predicted octanol–water partition coefficient (Wildman–Crippen LogP) is 3.82. The van der Waals surface area contributed by atoms with Gasteiger partial charge in [-0.2, -0.15) is 11.3 Å². The van der Waals surface area contributed by atoms with Gasteiger partial charge in [-0.3, -0.25) is 0 Å². The van der Waals surface area contributed by atoms with Crippen LogP contribution in [0.15, 0.2) is 16.8 Å². The number of alkyl halides is 1. The topological polar surface area (TPSA) is 12.0 Å². The summed E-state index contributed by atoms with van der Waals surface area (Å²) in [7, 11) is 0. The van der Waals surface area contributed by atoms with Gasteiger partial charge in [0.2, 0.25) is 0 Å². The Morgan fingerprint density at radius 1 is 1.31 bits per heavy atom. The van der Waals surface area contributed by atoms with Gasteiger partial charge in [0.1, 0.15) is 0 Å². The smallest absolute Gasteiger partial charge is 0.0489 e. The molecule has 1 aromatic heterocycles. The van der Waals surface area contributed by atoms with Gasteiger partial charge >= 0.3 is 0 Å². The van der Waals surface area contributed by atoms with E-state index in [1.165, 1.54) is 37.7 Å². The average molecular weight is 258 g/mol. The highest BCUT2D eigenvalue weighted by Crippen LogP contribution is 2.22. The first kappa shape index (κ1) is 12.4. The Hall–Kier alpha value is -0.0500. The van der Waals surface area contributed by atoms with Crippen LogP contribution in [0.2, 0.25) is 0 Å². The maximum Gasteiger partial charge on any atom is 0.0489 e. The van der Waals surface area contributed by atoms with Crippen molar-refractivity contribution in [1.82, 2.24) is 5.32 Å². The molecule has 1 fully saturated rings. The number of hydrogen-bond donors (Lipinski definition) is 1. The molecule has 0 spiro atoms. The molecule has 2 rings (SSSR count). The molecule has 1 aromatic rings. The Kier molecular flexibility index (Phi) is 5.14. The van der Waals surface area contributed by atoms with Crippen molar-refractivity contribution in [2.75, 3.05) is 6.54 Å². The molecule has 0 radical (unpaired) electrons. The fraction of sp³-hybridized carbons (Fsp3) is 0.692. The zero-order chi connectivity index (χ0) is 11.2. The van der Waals surface area contributed by atoms with Gasteiger partial charge in [0.15, 0.2) is 0 Å². The second-order valence-electron chi connectivity index (χ2n) is 4.60. The van der Waals surface area contributed by atoms with Gasteiger partial charge in [-0.25, -0.2) is 0 Å². The van der Waals surface area contributed by atoms with Crippen molar-refractivity contribution in [3.05, 3.63) is 22.4 Å². The molecule has 1 N–H and O–H groups in total. The molecule has 90 valence electrons. The van der Waals surface area contributed by atoms with Crippen LogP contribution in [-0.4, -0.2) is 18.0 Å². The van der Waals surface area contributed by atoms with Gasteiger partial charge in [-0.15, -0.1) is 11.6 Å². The lowest BCUT2D eigenvalue weighted by Crippen LogP contribution is -2.37. The van der Waals surface area contributed by atoms with Crippen LogP contribution >= 0.6 is 22.9 Å². The van der Waals surface area contributed by atoms with Gasteiger partial charge in [-0.1, -0.05) is 19.3 Å². The molecule has 1 saturated carbocycles. The SMILES string of the molecule is ClC1CCCCCC1NCCc1ccsc1. The van der Waals surface area contributed by atoms with Crippen molar-refractivity contribution in [2.45, 2.75) is 49.9 Å². The Morgan fingerprint density at radius 3 is 3.00 bits per heavy atom. The minimum atomic E-state index is 0.338. The highest BCUT2D eigenvalue weighted by atomic mass is 35.5. The lowest BCUT2D eigenvalue weighted by Gasteiger charge is -2.21. The van der Waals surface area contributed by atoms with Gasteiger partial charge in [0, 0.05) is 11.4 Å². The van der Waals surface area contributed by atoms with E-state index in [0.717, 1.165) is 13.0 Å². The average Bonchev–Trinajstić information content (AvgIpc) is 2.71. The van der Waals surface area contributed by atoms with Crippen molar-refractivity contribution >= 4 is 22.9 Å². The maximum atomic E-state index is 6.39. The molecule has 0 bridgehead atoms. The second kappa shape index (κ2) is 6.63. The van der Waals surface area contributed by atoms with Crippen LogP contribution in [-0.2, 0) is 6.42 Å². The van der Waals surface area contributed by atoms with E-state index >= 15 is 0 Å². The lowest BCUT2D eigenvalue weighted by molar-refractivity contribution is 0.469. The first-order valence-corrected chi connectivity index (χ1v) is 7.63. The molecule has 0 aromatic carbocycles. The van der Waals surface area contributed by atoms with Crippen molar-refractivity contribution in [1.29, 1.82) is 0 Å². The third-order valence-electron chi connectivity index (χ3n) is 3.33. The van der Waals surface area contributed by atoms with Crippen LogP contribution in [0.5, 0.6) is 0 Å². The van der Waals surface area contributed by atoms with Crippen molar-refractivity contribution in [2.24, 2.45) is 0 Å². The van der Waals surface area contributed by atoms with Crippen LogP contribution in [0.25, 0.3) is 0 Å². The summed E-state index contributed by atoms with van der Waals surface area (Å²) >= 11 is 8.16. The summed E-state index contributed by atoms with van der Waals surface area (Å²) in [6, 6.07) is 2.74. The number of hydrogen-bond acceptors (Lipinski definition) is 2. The quantitative estimate of drug-likeness (QED) is 0.639. The Labute approximate surface area is 107 Å². The van der Waals surface area contributed by atoms with Crippen molar-refractivity contribution in [3.63, 3.8) is 0 Å². The number of halogens is 1. The van der Waals surface area contributed by atoms with E-state index in [1.807, 2.05) is 0 Å². The van der Waals surface area contributed by atoms with E-state index in [9.17, 15) is 0 Å². The third kappa shape index (κ3) is 3.76. The first-order chi connectivity index (χ1) is 7.86. The van der Waals surface area contributed by atoms with Gasteiger partial charge in [0.25, 0.3) is 0 Å². The fourth-order valence-electron chi connectivity index (χ4n) is 2.33. The summed E-state index contributed by atoms with van der Waals surface area (Å²) in [5.41, 5.74) is 1.44. The van der Waals surface area contributed by atoms with E-state index in [-0.39, 0.29) is 0 Å². The molecule has 16 heavy (non-hydrogen) atoms. The zero-order valence-electron chi connectivity index (χ0n) is 9.62. The maximum absolute atomic E-state index is 6.39. The summed E-state index contributed by atoms with van der Waals surface area (Å²) in [4.78, 5) is 0. The lowest BCUT2D eigenvalue weighted by atomic mass is 10.1. The molecule has 0 saturated heterocycles. The number of thiophene rings is 1. The number of rotatable bonds is 4. The molecule has 2 unspecified atom stereocenters. The Bertz CT molecular complexity index is 286. The molecule has 1 heterocycles. The second-order valence-corrected chi connectivity index (χ2v) is 5.94. The monoisotopic (exact) mass is 257 g/mol. The highest BCUT2D eigenvalue weighted by molar-refractivity contribution is 7.07. The molecular weight excluding hydrogens is 238 g/mol. The molecular formula is C13H20ClNS. The molecule has 1 aliphatic carbocycles. The van der Waals surface area contributed by atoms with E-state index in [4.69, 9.17) is 11.6 Å². The van der Waals surface area contributed by atoms with Crippen LogP contribution in [0, 0.1) is 0 Å². The number of nitrogens with one attached hydrogen (secondary N) is 1. The van der Waals surface area contributed by atoms with Crippen LogP contribution in [0.4, 0.5) is 0 Å². The van der Waals surface area contributed by atoms with Gasteiger partial charge in [-0.05, 0) is 48.2 Å². The molecule has 3 heteroatoms. The van der Waals surface area contributed by atoms with Gasteiger partial charge in [0.05, 0.1) is 0 Å². The largest absolute Gasteiger partial charge is 0.312 e. The molecule has 0 amide bonds. The van der Waals surface area contributed by atoms with E-state index < -0.39 is 0 Å². The zero-order valence-corrected chi connectivity index (χ0v) is 11.2.